The van der Waals surface area contributed by atoms with Gasteiger partial charge >= 0.3 is 5.97 Å². The molecule has 0 fully saturated rings. The van der Waals surface area contributed by atoms with E-state index in [9.17, 15) is 9.59 Å². The van der Waals surface area contributed by atoms with Crippen molar-refractivity contribution >= 4 is 28.2 Å². The van der Waals surface area contributed by atoms with Gasteiger partial charge in [-0.05, 0) is 63.9 Å². The molecule has 1 aromatic heterocycles. The molecule has 1 N–H and O–H groups in total. The van der Waals surface area contributed by atoms with Crippen LogP contribution in [0.3, 0.4) is 0 Å². The number of carbonyl (C=O) groups excluding carboxylic acids is 2. The largest absolute Gasteiger partial charge is 0.494 e. The molecule has 0 unspecified atom stereocenters. The first-order chi connectivity index (χ1) is 12.4. The number of hydrogen-bond donors (Lipinski definition) is 1. The minimum atomic E-state index is -0.400. The van der Waals surface area contributed by atoms with E-state index >= 15 is 0 Å². The SMILES string of the molecule is CCOc1ccc(C(=O)Nc2sc(C)c(CC)c2C(=O)OC(C)C)cc1. The highest BCUT2D eigenvalue weighted by atomic mass is 32.1. The van der Waals surface area contributed by atoms with Crippen molar-refractivity contribution in [2.75, 3.05) is 11.9 Å². The summed E-state index contributed by atoms with van der Waals surface area (Å²) < 4.78 is 10.8. The number of ether oxygens (including phenoxy) is 2. The molecule has 1 heterocycles. The van der Waals surface area contributed by atoms with Crippen LogP contribution in [-0.4, -0.2) is 24.6 Å². The van der Waals surface area contributed by atoms with Gasteiger partial charge in [-0.15, -0.1) is 11.3 Å². The van der Waals surface area contributed by atoms with Crippen molar-refractivity contribution in [3.63, 3.8) is 0 Å². The molecule has 26 heavy (non-hydrogen) atoms. The van der Waals surface area contributed by atoms with Crippen LogP contribution in [0.2, 0.25) is 0 Å². The number of amides is 1. The normalized spacial score (nSPS) is 10.7. The quantitative estimate of drug-likeness (QED) is 0.704. The zero-order valence-electron chi connectivity index (χ0n) is 15.8. The maximum Gasteiger partial charge on any atom is 0.341 e. The number of anilines is 1. The standard InChI is InChI=1S/C20H25NO4S/c1-6-16-13(5)26-19(17(16)20(23)25-12(3)4)21-18(22)14-8-10-15(11-9-14)24-7-2/h8-12H,6-7H2,1-5H3,(H,21,22). The lowest BCUT2D eigenvalue weighted by Gasteiger charge is -2.11. The number of thiophene rings is 1. The molecule has 1 amide bonds. The highest BCUT2D eigenvalue weighted by Gasteiger charge is 2.24. The number of aryl methyl sites for hydroxylation is 1. The summed E-state index contributed by atoms with van der Waals surface area (Å²) in [6.45, 7) is 10.0. The van der Waals surface area contributed by atoms with Gasteiger partial charge in [0.25, 0.3) is 5.91 Å². The van der Waals surface area contributed by atoms with Crippen molar-refractivity contribution in [3.05, 3.63) is 45.8 Å². The van der Waals surface area contributed by atoms with Gasteiger partial charge in [-0.25, -0.2) is 4.79 Å². The molecule has 5 nitrogen and oxygen atoms in total. The Hall–Kier alpha value is -2.34. The van der Waals surface area contributed by atoms with E-state index in [1.54, 1.807) is 38.1 Å². The number of esters is 1. The van der Waals surface area contributed by atoms with Gasteiger partial charge in [0.15, 0.2) is 0 Å². The molecule has 2 aromatic rings. The third kappa shape index (κ3) is 4.64. The van der Waals surface area contributed by atoms with Crippen LogP contribution in [0.5, 0.6) is 5.75 Å². The summed E-state index contributed by atoms with van der Waals surface area (Å²) in [5, 5.41) is 3.40. The zero-order valence-corrected chi connectivity index (χ0v) is 16.7. The van der Waals surface area contributed by atoms with E-state index in [4.69, 9.17) is 9.47 Å². The van der Waals surface area contributed by atoms with Gasteiger partial charge in [0, 0.05) is 10.4 Å². The Labute approximate surface area is 158 Å². The predicted molar refractivity (Wildman–Crippen MR) is 105 cm³/mol. The van der Waals surface area contributed by atoms with Crippen molar-refractivity contribution in [1.29, 1.82) is 0 Å². The van der Waals surface area contributed by atoms with E-state index in [0.717, 1.165) is 10.4 Å². The fraction of sp³-hybridized carbons (Fsp3) is 0.400. The summed E-state index contributed by atoms with van der Waals surface area (Å²) in [5.74, 6) is 0.0456. The van der Waals surface area contributed by atoms with Crippen LogP contribution in [0.4, 0.5) is 5.00 Å². The maximum atomic E-state index is 12.6. The Morgan fingerprint density at radius 1 is 1.15 bits per heavy atom. The summed E-state index contributed by atoms with van der Waals surface area (Å²) in [4.78, 5) is 26.1. The predicted octanol–water partition coefficient (Wildman–Crippen LogP) is 4.84. The fourth-order valence-corrected chi connectivity index (χ4v) is 3.75. The molecule has 0 bridgehead atoms. The van der Waals surface area contributed by atoms with Gasteiger partial charge in [0.1, 0.15) is 10.8 Å². The minimum Gasteiger partial charge on any atom is -0.494 e. The Morgan fingerprint density at radius 3 is 2.35 bits per heavy atom. The van der Waals surface area contributed by atoms with Crippen molar-refractivity contribution < 1.29 is 19.1 Å². The smallest absolute Gasteiger partial charge is 0.341 e. The monoisotopic (exact) mass is 375 g/mol. The average Bonchev–Trinajstić information content (AvgIpc) is 2.90. The molecule has 2 rings (SSSR count). The molecule has 0 saturated heterocycles. The number of rotatable bonds is 7. The fourth-order valence-electron chi connectivity index (χ4n) is 2.63. The Kier molecular flexibility index (Phi) is 6.80. The van der Waals surface area contributed by atoms with Crippen LogP contribution in [0.1, 0.15) is 58.9 Å². The number of hydrogen-bond acceptors (Lipinski definition) is 5. The molecule has 0 saturated carbocycles. The highest BCUT2D eigenvalue weighted by Crippen LogP contribution is 2.34. The number of carbonyl (C=O) groups is 2. The van der Waals surface area contributed by atoms with Crippen LogP contribution < -0.4 is 10.1 Å². The van der Waals surface area contributed by atoms with Gasteiger partial charge in [0.05, 0.1) is 18.3 Å². The maximum absolute atomic E-state index is 12.6. The van der Waals surface area contributed by atoms with Crippen molar-refractivity contribution in [2.24, 2.45) is 0 Å². The average molecular weight is 375 g/mol. The first-order valence-corrected chi connectivity index (χ1v) is 9.56. The molecule has 6 heteroatoms. The van der Waals surface area contributed by atoms with E-state index < -0.39 is 5.97 Å². The lowest BCUT2D eigenvalue weighted by atomic mass is 10.1. The molecular weight excluding hydrogens is 350 g/mol. The first-order valence-electron chi connectivity index (χ1n) is 8.74. The lowest BCUT2D eigenvalue weighted by molar-refractivity contribution is 0.0378. The lowest BCUT2D eigenvalue weighted by Crippen LogP contribution is -2.17. The third-order valence-corrected chi connectivity index (χ3v) is 4.83. The van der Waals surface area contributed by atoms with E-state index in [2.05, 4.69) is 5.32 Å². The molecular formula is C20H25NO4S. The number of benzene rings is 1. The second-order valence-electron chi connectivity index (χ2n) is 6.06. The summed E-state index contributed by atoms with van der Waals surface area (Å²) in [5.41, 5.74) is 1.88. The van der Waals surface area contributed by atoms with Crippen LogP contribution in [-0.2, 0) is 11.2 Å². The van der Waals surface area contributed by atoms with Crippen molar-refractivity contribution in [2.45, 2.75) is 47.1 Å². The molecule has 0 radical (unpaired) electrons. The topological polar surface area (TPSA) is 64.6 Å². The molecule has 0 aliphatic rings. The van der Waals surface area contributed by atoms with Crippen LogP contribution in [0.25, 0.3) is 0 Å². The third-order valence-electron chi connectivity index (χ3n) is 3.76. The molecule has 0 atom stereocenters. The highest BCUT2D eigenvalue weighted by molar-refractivity contribution is 7.16. The molecule has 140 valence electrons. The Balaban J connectivity index is 2.27. The number of nitrogens with one attached hydrogen (secondary N) is 1. The molecule has 0 aliphatic carbocycles. The first kappa shape index (κ1) is 20.0. The summed E-state index contributed by atoms with van der Waals surface area (Å²) >= 11 is 1.40. The van der Waals surface area contributed by atoms with E-state index in [1.807, 2.05) is 20.8 Å². The summed E-state index contributed by atoms with van der Waals surface area (Å²) in [6.07, 6.45) is 0.478. The van der Waals surface area contributed by atoms with Gasteiger partial charge < -0.3 is 14.8 Å². The summed E-state index contributed by atoms with van der Waals surface area (Å²) in [6, 6.07) is 6.91. The van der Waals surface area contributed by atoms with Gasteiger partial charge in [0.2, 0.25) is 0 Å². The Morgan fingerprint density at radius 2 is 1.81 bits per heavy atom. The molecule has 1 aromatic carbocycles. The second-order valence-corrected chi connectivity index (χ2v) is 7.28. The Bertz CT molecular complexity index is 778. The van der Waals surface area contributed by atoms with E-state index in [-0.39, 0.29) is 12.0 Å². The van der Waals surface area contributed by atoms with E-state index in [0.29, 0.717) is 34.9 Å². The minimum absolute atomic E-state index is 0.220. The van der Waals surface area contributed by atoms with Gasteiger partial charge in [-0.1, -0.05) is 6.92 Å². The van der Waals surface area contributed by atoms with Gasteiger partial charge in [-0.2, -0.15) is 0 Å². The van der Waals surface area contributed by atoms with Crippen LogP contribution in [0, 0.1) is 6.92 Å². The molecule has 0 spiro atoms. The summed E-state index contributed by atoms with van der Waals surface area (Å²) in [7, 11) is 0. The van der Waals surface area contributed by atoms with Crippen LogP contribution in [0.15, 0.2) is 24.3 Å². The van der Waals surface area contributed by atoms with Crippen molar-refractivity contribution in [3.8, 4) is 5.75 Å². The van der Waals surface area contributed by atoms with Gasteiger partial charge in [-0.3, -0.25) is 4.79 Å². The zero-order chi connectivity index (χ0) is 19.3. The van der Waals surface area contributed by atoms with Crippen LogP contribution >= 0.6 is 11.3 Å². The van der Waals surface area contributed by atoms with E-state index in [1.165, 1.54) is 11.3 Å². The van der Waals surface area contributed by atoms with Crippen molar-refractivity contribution in [1.82, 2.24) is 0 Å². The second kappa shape index (κ2) is 8.85. The molecule has 0 aliphatic heterocycles.